The first-order valence-electron chi connectivity index (χ1n) is 9.78. The number of allylic oxidation sites excluding steroid dienone is 1. The van der Waals surface area contributed by atoms with E-state index in [9.17, 15) is 76.3 Å². The van der Waals surface area contributed by atoms with E-state index in [0.717, 1.165) is 0 Å². The molecule has 4 amide bonds. The van der Waals surface area contributed by atoms with Crippen molar-refractivity contribution in [3.05, 3.63) is 53.6 Å². The van der Waals surface area contributed by atoms with Gasteiger partial charge < -0.3 is 4.74 Å². The van der Waals surface area contributed by atoms with Gasteiger partial charge in [0.1, 0.15) is 11.4 Å². The van der Waals surface area contributed by atoms with Crippen molar-refractivity contribution in [2.75, 3.05) is 9.80 Å². The Morgan fingerprint density at radius 3 is 1.32 bits per heavy atom. The first-order chi connectivity index (χ1) is 18.5. The summed E-state index contributed by atoms with van der Waals surface area (Å²) in [5.74, 6) is -45.5. The number of benzene rings is 1. The molecule has 2 aliphatic rings. The molecular weight excluding hydrogens is 614 g/mol. The van der Waals surface area contributed by atoms with Crippen LogP contribution in [0.2, 0.25) is 0 Å². The lowest BCUT2D eigenvalue weighted by Gasteiger charge is -2.32. The Balaban J connectivity index is 2.25. The Bertz CT molecular complexity index is 1440. The maximum absolute atomic E-state index is 15.3. The molecule has 0 unspecified atom stereocenters. The molecule has 0 radical (unpaired) electrons. The van der Waals surface area contributed by atoms with Crippen LogP contribution < -0.4 is 14.5 Å². The second-order valence-electron chi connectivity index (χ2n) is 7.57. The van der Waals surface area contributed by atoms with Crippen molar-refractivity contribution in [1.29, 1.82) is 0 Å². The van der Waals surface area contributed by atoms with Crippen LogP contribution in [0.3, 0.4) is 0 Å². The Morgan fingerprint density at radius 2 is 0.951 bits per heavy atom. The quantitative estimate of drug-likeness (QED) is 0.188. The van der Waals surface area contributed by atoms with Crippen molar-refractivity contribution < 1.29 is 85.4 Å². The zero-order chi connectivity index (χ0) is 31.6. The van der Waals surface area contributed by atoms with E-state index in [-0.39, 0.29) is 0 Å². The zero-order valence-electron chi connectivity index (χ0n) is 18.5. The lowest BCUT2D eigenvalue weighted by Crippen LogP contribution is -2.61. The molecule has 0 bridgehead atoms. The smallest absolute Gasteiger partial charge is 0.423 e. The van der Waals surface area contributed by atoms with E-state index in [4.69, 9.17) is 0 Å². The number of carbonyl (C=O) groups excluding carboxylic acids is 4. The highest BCUT2D eigenvalue weighted by molar-refractivity contribution is 6.33. The molecule has 41 heavy (non-hydrogen) atoms. The summed E-state index contributed by atoms with van der Waals surface area (Å²) in [5.41, 5.74) is -3.91. The van der Waals surface area contributed by atoms with Crippen LogP contribution in [0.1, 0.15) is 0 Å². The number of rotatable bonds is 7. The molecular formula is C20H4F14N2O5. The predicted molar refractivity (Wildman–Crippen MR) is 100 cm³/mol. The molecule has 1 aromatic rings. The van der Waals surface area contributed by atoms with Crippen LogP contribution in [-0.2, 0) is 19.2 Å². The summed E-state index contributed by atoms with van der Waals surface area (Å²) in [4.78, 5) is 47.1. The standard InChI is InChI=1S/C20H4F14N2O5/c21-9-10(22)14(41-16(25)15(24)17(26,27)18(28,29)19(30,31)20(32,33)34)11(23)13(36-7(39)3-4-8(36)40)12(9)35-5(37)1-2-6(35)38/h1-4H. The molecule has 0 spiro atoms. The van der Waals surface area contributed by atoms with Crippen LogP contribution in [0.4, 0.5) is 72.8 Å². The van der Waals surface area contributed by atoms with Gasteiger partial charge >= 0.3 is 30.0 Å². The van der Waals surface area contributed by atoms with Crippen molar-refractivity contribution in [2.24, 2.45) is 0 Å². The van der Waals surface area contributed by atoms with Gasteiger partial charge in [-0.3, -0.25) is 19.2 Å². The normalized spacial score (nSPS) is 17.3. The minimum atomic E-state index is -7.82. The Morgan fingerprint density at radius 1 is 0.585 bits per heavy atom. The second kappa shape index (κ2) is 9.58. The topological polar surface area (TPSA) is 84.0 Å². The van der Waals surface area contributed by atoms with Crippen LogP contribution in [0.15, 0.2) is 36.1 Å². The third kappa shape index (κ3) is 4.47. The van der Waals surface area contributed by atoms with Crippen molar-refractivity contribution in [3.63, 3.8) is 0 Å². The first kappa shape index (κ1) is 31.1. The highest BCUT2D eigenvalue weighted by atomic mass is 19.4. The fourth-order valence-electron chi connectivity index (χ4n) is 3.13. The maximum atomic E-state index is 15.3. The highest BCUT2D eigenvalue weighted by Gasteiger charge is 2.83. The Labute approximate surface area is 214 Å². The van der Waals surface area contributed by atoms with E-state index in [1.54, 1.807) is 0 Å². The number of halogens is 14. The van der Waals surface area contributed by atoms with Gasteiger partial charge in [-0.05, 0) is 0 Å². The summed E-state index contributed by atoms with van der Waals surface area (Å²) in [6.45, 7) is 0. The lowest BCUT2D eigenvalue weighted by molar-refractivity contribution is -0.392. The van der Waals surface area contributed by atoms with E-state index in [1.807, 2.05) is 0 Å². The number of nitrogens with zero attached hydrogens (tertiary/aromatic N) is 2. The number of carbonyl (C=O) groups is 4. The summed E-state index contributed by atoms with van der Waals surface area (Å²) < 4.78 is 193. The van der Waals surface area contributed by atoms with Gasteiger partial charge in [0.25, 0.3) is 23.6 Å². The lowest BCUT2D eigenvalue weighted by atomic mass is 10.0. The summed E-state index contributed by atoms with van der Waals surface area (Å²) in [7, 11) is 0. The molecule has 21 heteroatoms. The van der Waals surface area contributed by atoms with Gasteiger partial charge in [0.2, 0.25) is 17.4 Å². The van der Waals surface area contributed by atoms with Crippen LogP contribution in [-0.4, -0.2) is 47.6 Å². The number of anilines is 2. The van der Waals surface area contributed by atoms with Gasteiger partial charge in [0, 0.05) is 24.3 Å². The predicted octanol–water partition coefficient (Wildman–Crippen LogP) is 4.92. The first-order valence-corrected chi connectivity index (χ1v) is 9.78. The van der Waals surface area contributed by atoms with Gasteiger partial charge in [0.15, 0.2) is 11.6 Å². The third-order valence-electron chi connectivity index (χ3n) is 5.08. The molecule has 3 rings (SSSR count). The number of imide groups is 2. The molecule has 0 aliphatic carbocycles. The van der Waals surface area contributed by atoms with Crippen LogP contribution in [0, 0.1) is 17.5 Å². The molecule has 1 aromatic carbocycles. The van der Waals surface area contributed by atoms with Crippen molar-refractivity contribution in [2.45, 2.75) is 23.9 Å². The van der Waals surface area contributed by atoms with E-state index in [1.165, 1.54) is 0 Å². The van der Waals surface area contributed by atoms with Crippen LogP contribution >= 0.6 is 0 Å². The number of hydrogen-bond acceptors (Lipinski definition) is 5. The molecule has 222 valence electrons. The molecule has 0 atom stereocenters. The molecule has 0 aromatic heterocycles. The second-order valence-corrected chi connectivity index (χ2v) is 7.57. The maximum Gasteiger partial charge on any atom is 0.460 e. The molecule has 0 saturated heterocycles. The van der Waals surface area contributed by atoms with Gasteiger partial charge in [-0.25, -0.2) is 18.6 Å². The largest absolute Gasteiger partial charge is 0.460 e. The average Bonchev–Trinajstić information content (AvgIpc) is 3.36. The Hall–Kier alpha value is -4.46. The van der Waals surface area contributed by atoms with Crippen molar-refractivity contribution in [3.8, 4) is 5.75 Å². The van der Waals surface area contributed by atoms with Gasteiger partial charge in [-0.1, -0.05) is 0 Å². The van der Waals surface area contributed by atoms with E-state index in [0.29, 0.717) is 24.3 Å². The Kier molecular flexibility index (Phi) is 7.26. The summed E-state index contributed by atoms with van der Waals surface area (Å²) in [6.07, 6.45) is -6.10. The van der Waals surface area contributed by atoms with Crippen molar-refractivity contribution >= 4 is 35.0 Å². The number of alkyl halides is 9. The zero-order valence-corrected chi connectivity index (χ0v) is 18.5. The molecule has 0 fully saturated rings. The van der Waals surface area contributed by atoms with E-state index >= 15 is 4.39 Å². The monoisotopic (exact) mass is 618 g/mol. The van der Waals surface area contributed by atoms with Crippen LogP contribution in [0.5, 0.6) is 5.75 Å². The minimum absolute atomic E-state index is 0.322. The number of ether oxygens (including phenoxy) is 1. The molecule has 2 heterocycles. The SMILES string of the molecule is O=C1C=CC(=O)N1c1c(F)c(F)c(OC(F)=C(F)C(F)(F)C(F)(F)C(F)(F)C(F)(F)F)c(F)c1N1C(=O)C=CC1=O. The molecule has 0 N–H and O–H groups in total. The van der Waals surface area contributed by atoms with E-state index < -0.39 is 104 Å². The number of amides is 4. The minimum Gasteiger partial charge on any atom is -0.423 e. The van der Waals surface area contributed by atoms with Gasteiger partial charge in [-0.15, -0.1) is 0 Å². The summed E-state index contributed by atoms with van der Waals surface area (Å²) >= 11 is 0. The fraction of sp³-hybridized carbons (Fsp3) is 0.200. The molecule has 0 saturated carbocycles. The summed E-state index contributed by atoms with van der Waals surface area (Å²) in [6, 6.07) is -4.03. The van der Waals surface area contributed by atoms with Gasteiger partial charge in [-0.2, -0.15) is 52.7 Å². The fourth-order valence-corrected chi connectivity index (χ4v) is 3.13. The van der Waals surface area contributed by atoms with E-state index in [2.05, 4.69) is 4.74 Å². The summed E-state index contributed by atoms with van der Waals surface area (Å²) in [5, 5.41) is 0. The third-order valence-corrected chi connectivity index (χ3v) is 5.08. The molecule has 2 aliphatic heterocycles. The van der Waals surface area contributed by atoms with Crippen molar-refractivity contribution in [1.82, 2.24) is 0 Å². The highest BCUT2D eigenvalue weighted by Crippen LogP contribution is 2.56. The van der Waals surface area contributed by atoms with Gasteiger partial charge in [0.05, 0.1) is 0 Å². The molecule has 7 nitrogen and oxygen atoms in total. The average molecular weight is 618 g/mol. The van der Waals surface area contributed by atoms with Crippen LogP contribution in [0.25, 0.3) is 0 Å². The number of hydrogen-bond donors (Lipinski definition) is 0.